The van der Waals surface area contributed by atoms with Crippen LogP contribution in [0.15, 0.2) is 29.8 Å². The number of piperidine rings is 2. The van der Waals surface area contributed by atoms with Crippen LogP contribution in [0, 0.1) is 0 Å². The standard InChI is InChI=1S/C20H23N5OS/c1-24-13-3-2-4-14(24)11-15(10-13)25-17-9-12(20-22-7-8-27-20)5-6-16(17)18(23-25)19(21)26/h5-9,13-15H,2-4,10-11H2,1H3,(H2,21,26). The van der Waals surface area contributed by atoms with Crippen LogP contribution >= 0.6 is 11.3 Å². The van der Waals surface area contributed by atoms with E-state index in [1.165, 1.54) is 19.3 Å². The zero-order valence-electron chi connectivity index (χ0n) is 15.3. The molecule has 2 aliphatic heterocycles. The molecule has 2 aromatic heterocycles. The summed E-state index contributed by atoms with van der Waals surface area (Å²) in [5.41, 5.74) is 8.06. The van der Waals surface area contributed by atoms with Gasteiger partial charge in [0.15, 0.2) is 5.69 Å². The van der Waals surface area contributed by atoms with E-state index in [1.54, 1.807) is 11.3 Å². The predicted molar refractivity (Wildman–Crippen MR) is 107 cm³/mol. The van der Waals surface area contributed by atoms with Gasteiger partial charge in [0.25, 0.3) is 5.91 Å². The summed E-state index contributed by atoms with van der Waals surface area (Å²) in [6, 6.07) is 7.58. The van der Waals surface area contributed by atoms with E-state index < -0.39 is 5.91 Å². The lowest BCUT2D eigenvalue weighted by atomic mass is 9.82. The van der Waals surface area contributed by atoms with Gasteiger partial charge >= 0.3 is 0 Å². The van der Waals surface area contributed by atoms with Gasteiger partial charge in [-0.1, -0.05) is 12.5 Å². The molecule has 5 rings (SSSR count). The molecule has 2 N–H and O–H groups in total. The third-order valence-corrected chi connectivity index (χ3v) is 7.10. The summed E-state index contributed by atoms with van der Waals surface area (Å²) >= 11 is 1.61. The molecule has 140 valence electrons. The van der Waals surface area contributed by atoms with E-state index in [0.717, 1.165) is 34.3 Å². The van der Waals surface area contributed by atoms with Gasteiger partial charge in [0.1, 0.15) is 5.01 Å². The molecule has 2 bridgehead atoms. The number of amides is 1. The first-order chi connectivity index (χ1) is 13.1. The van der Waals surface area contributed by atoms with Gasteiger partial charge < -0.3 is 10.6 Å². The van der Waals surface area contributed by atoms with Gasteiger partial charge in [0.05, 0.1) is 11.6 Å². The Balaban J connectivity index is 1.62. The number of fused-ring (bicyclic) bond motifs is 3. The molecule has 2 aliphatic rings. The van der Waals surface area contributed by atoms with Crippen molar-refractivity contribution in [3.8, 4) is 10.6 Å². The highest BCUT2D eigenvalue weighted by atomic mass is 32.1. The summed E-state index contributed by atoms with van der Waals surface area (Å²) in [5, 5.41) is 8.49. The van der Waals surface area contributed by atoms with Crippen molar-refractivity contribution in [1.82, 2.24) is 19.7 Å². The molecule has 1 amide bonds. The van der Waals surface area contributed by atoms with Gasteiger partial charge in [-0.15, -0.1) is 11.3 Å². The van der Waals surface area contributed by atoms with Crippen LogP contribution in [0.1, 0.15) is 48.6 Å². The molecular weight excluding hydrogens is 358 g/mol. The first-order valence-corrected chi connectivity index (χ1v) is 10.4. The molecule has 2 fully saturated rings. The number of nitrogens with zero attached hydrogens (tertiary/aromatic N) is 4. The molecule has 0 aliphatic carbocycles. The average Bonchev–Trinajstić information content (AvgIpc) is 3.29. The number of hydrogen-bond donors (Lipinski definition) is 1. The number of carbonyl (C=O) groups is 1. The fourth-order valence-electron chi connectivity index (χ4n) is 4.88. The Bertz CT molecular complexity index is 981. The zero-order chi connectivity index (χ0) is 18.5. The van der Waals surface area contributed by atoms with Gasteiger partial charge in [-0.2, -0.15) is 5.10 Å². The Labute approximate surface area is 162 Å². The van der Waals surface area contributed by atoms with Crippen LogP contribution < -0.4 is 5.73 Å². The SMILES string of the molecule is CN1C2CCCC1CC(n1nc(C(N)=O)c3ccc(-c4nccs4)cc31)C2. The fourth-order valence-corrected chi connectivity index (χ4v) is 5.52. The number of carbonyl (C=O) groups excluding carboxylic acids is 1. The average molecular weight is 382 g/mol. The van der Waals surface area contributed by atoms with Crippen LogP contribution in [0.25, 0.3) is 21.5 Å². The Morgan fingerprint density at radius 1 is 1.22 bits per heavy atom. The first-order valence-electron chi connectivity index (χ1n) is 9.55. The van der Waals surface area contributed by atoms with Crippen molar-refractivity contribution < 1.29 is 4.79 Å². The summed E-state index contributed by atoms with van der Waals surface area (Å²) in [4.78, 5) is 19.0. The van der Waals surface area contributed by atoms with E-state index in [4.69, 9.17) is 10.8 Å². The number of thiazole rings is 1. The minimum absolute atomic E-state index is 0.304. The normalized spacial score (nSPS) is 25.7. The lowest BCUT2D eigenvalue weighted by Crippen LogP contribution is -2.50. The van der Waals surface area contributed by atoms with Crippen LogP contribution in [-0.2, 0) is 0 Å². The molecular formula is C20H23N5OS. The molecule has 0 saturated carbocycles. The molecule has 0 spiro atoms. The van der Waals surface area contributed by atoms with Crippen molar-refractivity contribution >= 4 is 28.1 Å². The third-order valence-electron chi connectivity index (χ3n) is 6.28. The van der Waals surface area contributed by atoms with Gasteiger partial charge in [0, 0.05) is 34.6 Å². The molecule has 3 aromatic rings. The van der Waals surface area contributed by atoms with Gasteiger partial charge in [-0.3, -0.25) is 9.48 Å². The monoisotopic (exact) mass is 381 g/mol. The Kier molecular flexibility index (Phi) is 4.02. The second kappa shape index (κ2) is 6.42. The van der Waals surface area contributed by atoms with Crippen LogP contribution in [-0.4, -0.2) is 44.7 Å². The van der Waals surface area contributed by atoms with Crippen molar-refractivity contribution in [2.24, 2.45) is 5.73 Å². The minimum atomic E-state index is -0.464. The van der Waals surface area contributed by atoms with E-state index in [-0.39, 0.29) is 0 Å². The van der Waals surface area contributed by atoms with Crippen LogP contribution in [0.2, 0.25) is 0 Å². The highest BCUT2D eigenvalue weighted by molar-refractivity contribution is 7.13. The van der Waals surface area contributed by atoms with Crippen LogP contribution in [0.4, 0.5) is 0 Å². The first kappa shape index (κ1) is 16.9. The van der Waals surface area contributed by atoms with E-state index in [2.05, 4.69) is 27.7 Å². The fraction of sp³-hybridized carbons (Fsp3) is 0.450. The number of benzene rings is 1. The van der Waals surface area contributed by atoms with E-state index in [1.807, 2.05) is 23.7 Å². The van der Waals surface area contributed by atoms with Crippen molar-refractivity contribution in [1.29, 1.82) is 0 Å². The molecule has 2 saturated heterocycles. The summed E-state index contributed by atoms with van der Waals surface area (Å²) in [7, 11) is 2.25. The lowest BCUT2D eigenvalue weighted by Gasteiger charge is -2.47. The third kappa shape index (κ3) is 2.76. The molecule has 7 heteroatoms. The number of nitrogens with two attached hydrogens (primary N) is 1. The quantitative estimate of drug-likeness (QED) is 0.754. The summed E-state index contributed by atoms with van der Waals surface area (Å²) < 4.78 is 2.07. The van der Waals surface area contributed by atoms with Gasteiger partial charge in [0.2, 0.25) is 0 Å². The molecule has 0 radical (unpaired) electrons. The topological polar surface area (TPSA) is 77.0 Å². The number of hydrogen-bond acceptors (Lipinski definition) is 5. The number of aromatic nitrogens is 3. The molecule has 2 atom stereocenters. The van der Waals surface area contributed by atoms with Crippen molar-refractivity contribution in [3.63, 3.8) is 0 Å². The Hall–Kier alpha value is -2.25. The Morgan fingerprint density at radius 2 is 2.00 bits per heavy atom. The summed E-state index contributed by atoms with van der Waals surface area (Å²) in [6.07, 6.45) is 7.76. The van der Waals surface area contributed by atoms with E-state index in [9.17, 15) is 4.79 Å². The molecule has 4 heterocycles. The summed E-state index contributed by atoms with van der Waals surface area (Å²) in [5.74, 6) is -0.464. The minimum Gasteiger partial charge on any atom is -0.364 e. The lowest BCUT2D eigenvalue weighted by molar-refractivity contribution is 0.0379. The zero-order valence-corrected chi connectivity index (χ0v) is 16.2. The second-order valence-electron chi connectivity index (χ2n) is 7.76. The smallest absolute Gasteiger partial charge is 0.269 e. The second-order valence-corrected chi connectivity index (χ2v) is 8.65. The molecule has 6 nitrogen and oxygen atoms in total. The van der Waals surface area contributed by atoms with E-state index in [0.29, 0.717) is 23.8 Å². The van der Waals surface area contributed by atoms with Crippen molar-refractivity contribution in [2.45, 2.75) is 50.2 Å². The van der Waals surface area contributed by atoms with E-state index >= 15 is 0 Å². The Morgan fingerprint density at radius 3 is 2.67 bits per heavy atom. The number of primary amides is 1. The summed E-state index contributed by atoms with van der Waals surface area (Å²) in [6.45, 7) is 0. The highest BCUT2D eigenvalue weighted by Gasteiger charge is 2.37. The molecule has 27 heavy (non-hydrogen) atoms. The number of rotatable bonds is 3. The maximum absolute atomic E-state index is 12.0. The maximum atomic E-state index is 12.0. The largest absolute Gasteiger partial charge is 0.364 e. The van der Waals surface area contributed by atoms with Crippen LogP contribution in [0.3, 0.4) is 0 Å². The van der Waals surface area contributed by atoms with Crippen molar-refractivity contribution in [3.05, 3.63) is 35.5 Å². The van der Waals surface area contributed by atoms with Gasteiger partial charge in [-0.25, -0.2) is 4.98 Å². The predicted octanol–water partition coefficient (Wildman–Crippen LogP) is 3.45. The van der Waals surface area contributed by atoms with Crippen LogP contribution in [0.5, 0.6) is 0 Å². The van der Waals surface area contributed by atoms with Crippen molar-refractivity contribution in [2.75, 3.05) is 7.05 Å². The molecule has 2 unspecified atom stereocenters. The highest BCUT2D eigenvalue weighted by Crippen LogP contribution is 2.40. The maximum Gasteiger partial charge on any atom is 0.269 e. The molecule has 1 aromatic carbocycles. The van der Waals surface area contributed by atoms with Gasteiger partial charge in [-0.05, 0) is 44.9 Å².